The number of nitrogens with zero attached hydrogens (tertiary/aromatic N) is 2. The molecule has 1 aliphatic heterocycles. The first-order valence-electron chi connectivity index (χ1n) is 7.59. The smallest absolute Gasteiger partial charge is 0.0645 e. The van der Waals surface area contributed by atoms with Gasteiger partial charge in [0, 0.05) is 11.6 Å². The van der Waals surface area contributed by atoms with Crippen LogP contribution in [0.25, 0.3) is 0 Å². The van der Waals surface area contributed by atoms with Crippen molar-refractivity contribution in [3.8, 4) is 0 Å². The number of hydrogen-bond donors (Lipinski definition) is 0. The van der Waals surface area contributed by atoms with Crippen molar-refractivity contribution in [1.82, 2.24) is 4.98 Å². The third-order valence-electron chi connectivity index (χ3n) is 4.54. The highest BCUT2D eigenvalue weighted by Gasteiger charge is 2.36. The lowest BCUT2D eigenvalue weighted by molar-refractivity contribution is 0.632. The van der Waals surface area contributed by atoms with Crippen LogP contribution in [-0.2, 0) is 5.41 Å². The minimum absolute atomic E-state index is 0.00804. The van der Waals surface area contributed by atoms with Crippen LogP contribution in [0.3, 0.4) is 0 Å². The molecule has 2 heterocycles. The average molecular weight is 286 g/mol. The van der Waals surface area contributed by atoms with Crippen molar-refractivity contribution in [2.75, 3.05) is 4.90 Å². The molecule has 0 atom stereocenters. The first-order chi connectivity index (χ1) is 10.7. The maximum absolute atomic E-state index is 4.30. The van der Waals surface area contributed by atoms with Crippen LogP contribution in [0.1, 0.15) is 25.0 Å². The van der Waals surface area contributed by atoms with Crippen LogP contribution >= 0.6 is 0 Å². The Morgan fingerprint density at radius 3 is 1.91 bits per heavy atom. The second-order valence-electron chi connectivity index (χ2n) is 6.21. The third kappa shape index (κ3) is 1.77. The van der Waals surface area contributed by atoms with Crippen LogP contribution in [0.4, 0.5) is 17.1 Å². The summed E-state index contributed by atoms with van der Waals surface area (Å²) < 4.78 is 0. The Hall–Kier alpha value is -2.61. The molecule has 2 nitrogen and oxygen atoms in total. The molecule has 2 heteroatoms. The summed E-state index contributed by atoms with van der Waals surface area (Å²) in [7, 11) is 0. The monoisotopic (exact) mass is 286 g/mol. The minimum atomic E-state index is -0.00804. The van der Waals surface area contributed by atoms with E-state index in [1.807, 2.05) is 18.5 Å². The van der Waals surface area contributed by atoms with Gasteiger partial charge < -0.3 is 4.90 Å². The lowest BCUT2D eigenvalue weighted by atomic mass is 9.73. The van der Waals surface area contributed by atoms with Gasteiger partial charge in [-0.15, -0.1) is 0 Å². The van der Waals surface area contributed by atoms with Gasteiger partial charge in [-0.1, -0.05) is 50.2 Å². The molecule has 0 aliphatic carbocycles. The molecule has 3 aromatic rings. The number of rotatable bonds is 1. The van der Waals surface area contributed by atoms with Crippen LogP contribution in [0.2, 0.25) is 0 Å². The molecule has 0 fully saturated rings. The number of benzene rings is 2. The predicted octanol–water partition coefficient (Wildman–Crippen LogP) is 5.19. The molecule has 4 rings (SSSR count). The Labute approximate surface area is 131 Å². The Morgan fingerprint density at radius 1 is 0.773 bits per heavy atom. The summed E-state index contributed by atoms with van der Waals surface area (Å²) in [5.74, 6) is 0. The molecule has 2 aromatic carbocycles. The van der Waals surface area contributed by atoms with E-state index in [1.165, 1.54) is 22.5 Å². The van der Waals surface area contributed by atoms with Crippen LogP contribution in [0.15, 0.2) is 73.1 Å². The summed E-state index contributed by atoms with van der Waals surface area (Å²) in [5.41, 5.74) is 6.25. The van der Waals surface area contributed by atoms with Gasteiger partial charge >= 0.3 is 0 Å². The van der Waals surface area contributed by atoms with Crippen LogP contribution in [0, 0.1) is 0 Å². The number of aromatic nitrogens is 1. The fourth-order valence-corrected chi connectivity index (χ4v) is 3.43. The van der Waals surface area contributed by atoms with Gasteiger partial charge in [-0.25, -0.2) is 0 Å². The number of pyridine rings is 1. The third-order valence-corrected chi connectivity index (χ3v) is 4.54. The molecule has 0 saturated heterocycles. The second kappa shape index (κ2) is 4.70. The molecule has 0 unspecified atom stereocenters. The zero-order valence-corrected chi connectivity index (χ0v) is 12.8. The molecule has 0 bridgehead atoms. The minimum Gasteiger partial charge on any atom is -0.308 e. The van der Waals surface area contributed by atoms with Gasteiger partial charge in [0.05, 0.1) is 23.3 Å². The molecular weight excluding hydrogens is 268 g/mol. The molecule has 1 aromatic heterocycles. The lowest BCUT2D eigenvalue weighted by Crippen LogP contribution is -2.30. The highest BCUT2D eigenvalue weighted by molar-refractivity contribution is 5.85. The summed E-state index contributed by atoms with van der Waals surface area (Å²) in [6.45, 7) is 4.59. The Balaban J connectivity index is 2.05. The molecule has 1 aliphatic rings. The van der Waals surface area contributed by atoms with Crippen LogP contribution in [-0.4, -0.2) is 4.98 Å². The van der Waals surface area contributed by atoms with E-state index in [4.69, 9.17) is 0 Å². The van der Waals surface area contributed by atoms with E-state index < -0.39 is 0 Å². The fraction of sp³-hybridized carbons (Fsp3) is 0.150. The Kier molecular flexibility index (Phi) is 2.80. The molecule has 0 N–H and O–H groups in total. The van der Waals surface area contributed by atoms with Crippen LogP contribution in [0.5, 0.6) is 0 Å². The van der Waals surface area contributed by atoms with Crippen molar-refractivity contribution in [2.45, 2.75) is 19.3 Å². The van der Waals surface area contributed by atoms with Gasteiger partial charge in [0.2, 0.25) is 0 Å². The van der Waals surface area contributed by atoms with Gasteiger partial charge in [-0.2, -0.15) is 0 Å². The van der Waals surface area contributed by atoms with E-state index >= 15 is 0 Å². The zero-order valence-electron chi connectivity index (χ0n) is 12.8. The van der Waals surface area contributed by atoms with E-state index in [-0.39, 0.29) is 5.41 Å². The van der Waals surface area contributed by atoms with Crippen molar-refractivity contribution in [1.29, 1.82) is 0 Å². The van der Waals surface area contributed by atoms with Crippen molar-refractivity contribution in [3.05, 3.63) is 84.2 Å². The van der Waals surface area contributed by atoms with Gasteiger partial charge in [-0.3, -0.25) is 4.98 Å². The number of para-hydroxylation sites is 2. The van der Waals surface area contributed by atoms with Crippen LogP contribution < -0.4 is 4.90 Å². The molecule has 108 valence electrons. The van der Waals surface area contributed by atoms with Crippen molar-refractivity contribution >= 4 is 17.1 Å². The summed E-state index contributed by atoms with van der Waals surface area (Å²) in [5, 5.41) is 0. The maximum Gasteiger partial charge on any atom is 0.0645 e. The molecule has 0 spiro atoms. The van der Waals surface area contributed by atoms with E-state index in [9.17, 15) is 0 Å². The summed E-state index contributed by atoms with van der Waals surface area (Å²) in [6.07, 6.45) is 3.74. The normalized spacial score (nSPS) is 15.1. The number of hydrogen-bond acceptors (Lipinski definition) is 2. The highest BCUT2D eigenvalue weighted by atomic mass is 15.2. The van der Waals surface area contributed by atoms with Gasteiger partial charge in [0.25, 0.3) is 0 Å². The molecule has 0 amide bonds. The summed E-state index contributed by atoms with van der Waals surface area (Å²) >= 11 is 0. The molecule has 0 radical (unpaired) electrons. The number of anilines is 3. The predicted molar refractivity (Wildman–Crippen MR) is 91.0 cm³/mol. The molecule has 22 heavy (non-hydrogen) atoms. The SMILES string of the molecule is CC1(C)c2ccccc2N(c2cccnc2)c2ccccc21. The highest BCUT2D eigenvalue weighted by Crippen LogP contribution is 2.51. The lowest BCUT2D eigenvalue weighted by Gasteiger charge is -2.41. The second-order valence-corrected chi connectivity index (χ2v) is 6.21. The van der Waals surface area contributed by atoms with Gasteiger partial charge in [0.15, 0.2) is 0 Å². The van der Waals surface area contributed by atoms with Crippen molar-refractivity contribution < 1.29 is 0 Å². The average Bonchev–Trinajstić information content (AvgIpc) is 2.56. The maximum atomic E-state index is 4.30. The Bertz CT molecular complexity index is 772. The number of fused-ring (bicyclic) bond motifs is 2. The van der Waals surface area contributed by atoms with E-state index in [0.29, 0.717) is 0 Å². The van der Waals surface area contributed by atoms with E-state index in [1.54, 1.807) is 0 Å². The fourth-order valence-electron chi connectivity index (χ4n) is 3.43. The van der Waals surface area contributed by atoms with Crippen molar-refractivity contribution in [3.63, 3.8) is 0 Å². The largest absolute Gasteiger partial charge is 0.308 e. The molecular formula is C20H18N2. The first kappa shape index (κ1) is 13.1. The molecule has 0 saturated carbocycles. The topological polar surface area (TPSA) is 16.1 Å². The van der Waals surface area contributed by atoms with Crippen molar-refractivity contribution in [2.24, 2.45) is 0 Å². The zero-order chi connectivity index (χ0) is 15.2. The van der Waals surface area contributed by atoms with E-state index in [0.717, 1.165) is 5.69 Å². The van der Waals surface area contributed by atoms with Gasteiger partial charge in [-0.05, 0) is 35.4 Å². The summed E-state index contributed by atoms with van der Waals surface area (Å²) in [4.78, 5) is 6.61. The Morgan fingerprint density at radius 2 is 1.36 bits per heavy atom. The quantitative estimate of drug-likeness (QED) is 0.612. The van der Waals surface area contributed by atoms with Gasteiger partial charge in [0.1, 0.15) is 0 Å². The summed E-state index contributed by atoms with van der Waals surface area (Å²) in [6, 6.07) is 21.4. The standard InChI is InChI=1S/C20H18N2/c1-20(2)16-9-3-5-11-18(16)22(15-8-7-13-21-14-15)19-12-6-4-10-17(19)20/h3-14H,1-2H3. The first-order valence-corrected chi connectivity index (χ1v) is 7.59. The van der Waals surface area contributed by atoms with E-state index in [2.05, 4.69) is 78.3 Å².